The summed E-state index contributed by atoms with van der Waals surface area (Å²) in [6.45, 7) is 10.6. The molecular formula is C31H32N2O7S2. The fourth-order valence-electron chi connectivity index (χ4n) is 5.00. The lowest BCUT2D eigenvalue weighted by atomic mass is 10.1. The topological polar surface area (TPSA) is 128 Å². The van der Waals surface area contributed by atoms with E-state index in [-0.39, 0.29) is 32.7 Å². The molecule has 11 heteroatoms. The van der Waals surface area contributed by atoms with E-state index < -0.39 is 26.3 Å². The van der Waals surface area contributed by atoms with Crippen molar-refractivity contribution < 1.29 is 30.0 Å². The number of para-hydroxylation sites is 2. The number of amides is 2. The zero-order valence-electron chi connectivity index (χ0n) is 24.1. The zero-order valence-corrected chi connectivity index (χ0v) is 25.7. The van der Waals surface area contributed by atoms with Gasteiger partial charge in [-0.15, -0.1) is 0 Å². The van der Waals surface area contributed by atoms with Gasteiger partial charge in [-0.05, 0) is 88.1 Å². The van der Waals surface area contributed by atoms with Gasteiger partial charge in [0.05, 0.1) is 5.69 Å². The molecule has 0 bridgehead atoms. The third-order valence-electron chi connectivity index (χ3n) is 6.34. The maximum absolute atomic E-state index is 13.2. The molecule has 0 atom stereocenters. The van der Waals surface area contributed by atoms with Crippen molar-refractivity contribution >= 4 is 37.6 Å². The highest BCUT2D eigenvalue weighted by atomic mass is 32.2. The molecule has 2 amide bonds. The molecule has 0 aromatic heterocycles. The quantitative estimate of drug-likeness (QED) is 0.213. The molecule has 4 aromatic carbocycles. The van der Waals surface area contributed by atoms with Crippen molar-refractivity contribution in [2.24, 2.45) is 0 Å². The smallest absolute Gasteiger partial charge is 0.339 e. The second kappa shape index (κ2) is 11.9. The lowest BCUT2D eigenvalue weighted by Crippen LogP contribution is -2.21. The second-order valence-electron chi connectivity index (χ2n) is 10.1. The summed E-state index contributed by atoms with van der Waals surface area (Å²) in [4.78, 5) is 13.0. The lowest BCUT2D eigenvalue weighted by Gasteiger charge is -2.16. The summed E-state index contributed by atoms with van der Waals surface area (Å²) < 4.78 is 63.3. The van der Waals surface area contributed by atoms with E-state index in [0.717, 1.165) is 11.1 Å². The highest BCUT2D eigenvalue weighted by Crippen LogP contribution is 2.31. The Morgan fingerprint density at radius 1 is 0.595 bits per heavy atom. The molecule has 42 heavy (non-hydrogen) atoms. The van der Waals surface area contributed by atoms with E-state index in [0.29, 0.717) is 22.3 Å². The minimum atomic E-state index is -4.21. The molecule has 0 fully saturated rings. The number of aryl methyl sites for hydroxylation is 6. The fraction of sp³-hybridized carbons (Fsp3) is 0.194. The number of hydrogen-bond acceptors (Lipinski definition) is 7. The predicted octanol–water partition coefficient (Wildman–Crippen LogP) is 6.72. The monoisotopic (exact) mass is 608 g/mol. The largest absolute Gasteiger partial charge is 0.379 e. The Morgan fingerprint density at radius 2 is 1.10 bits per heavy atom. The minimum Gasteiger partial charge on any atom is -0.379 e. The van der Waals surface area contributed by atoms with Crippen molar-refractivity contribution in [3.63, 3.8) is 0 Å². The van der Waals surface area contributed by atoms with Crippen molar-refractivity contribution in [2.45, 2.75) is 51.3 Å². The highest BCUT2D eigenvalue weighted by molar-refractivity contribution is 7.87. The molecule has 0 aliphatic carbocycles. The zero-order chi connectivity index (χ0) is 30.8. The average Bonchev–Trinajstić information content (AvgIpc) is 2.83. The summed E-state index contributed by atoms with van der Waals surface area (Å²) in [5.41, 5.74) is 4.45. The van der Waals surface area contributed by atoms with Crippen LogP contribution in [0.2, 0.25) is 0 Å². The SMILES string of the molecule is Cc1cc(C)c(S(=O)(=O)Oc2cccc(NC(=O)Nc3ccccc3OS(=O)(=O)c3c(C)cc(C)cc3C)c2)c(C)c1. The third kappa shape index (κ3) is 6.92. The molecule has 0 aliphatic rings. The number of carbonyl (C=O) groups is 1. The first-order valence-corrected chi connectivity index (χ1v) is 15.8. The Balaban J connectivity index is 1.51. The van der Waals surface area contributed by atoms with Crippen LogP contribution in [0.25, 0.3) is 0 Å². The summed E-state index contributed by atoms with van der Waals surface area (Å²) >= 11 is 0. The van der Waals surface area contributed by atoms with Gasteiger partial charge < -0.3 is 19.0 Å². The molecule has 0 spiro atoms. The fourth-order valence-corrected chi connectivity index (χ4v) is 7.72. The van der Waals surface area contributed by atoms with E-state index in [1.807, 2.05) is 13.8 Å². The van der Waals surface area contributed by atoms with E-state index in [1.165, 1.54) is 30.3 Å². The van der Waals surface area contributed by atoms with E-state index >= 15 is 0 Å². The van der Waals surface area contributed by atoms with Gasteiger partial charge in [0.2, 0.25) is 0 Å². The summed E-state index contributed by atoms with van der Waals surface area (Å²) in [5.74, 6) is -0.0649. The number of rotatable bonds is 8. The van der Waals surface area contributed by atoms with Crippen LogP contribution in [-0.2, 0) is 20.2 Å². The first-order chi connectivity index (χ1) is 19.7. The number of hydrogen-bond donors (Lipinski definition) is 2. The Labute approximate surface area is 246 Å². The van der Waals surface area contributed by atoms with Gasteiger partial charge in [0.1, 0.15) is 15.5 Å². The Morgan fingerprint density at radius 3 is 1.64 bits per heavy atom. The molecule has 2 N–H and O–H groups in total. The first kappa shape index (κ1) is 30.6. The Hall–Kier alpha value is -4.35. The van der Waals surface area contributed by atoms with Crippen LogP contribution >= 0.6 is 0 Å². The molecule has 9 nitrogen and oxygen atoms in total. The van der Waals surface area contributed by atoms with Crippen LogP contribution in [0.15, 0.2) is 82.6 Å². The molecule has 0 unspecified atom stereocenters. The standard InChI is InChI=1S/C31H32N2O7S2/c1-19-14-21(3)29(22(4)15-19)41(35,36)39-26-11-9-10-25(18-26)32-31(34)33-27-12-7-8-13-28(27)40-42(37,38)30-23(5)16-20(2)17-24(30)6/h7-18H,1-6H3,(H2,32,33,34). The van der Waals surface area contributed by atoms with Crippen LogP contribution in [0.4, 0.5) is 16.2 Å². The van der Waals surface area contributed by atoms with Gasteiger partial charge in [-0.25, -0.2) is 4.79 Å². The van der Waals surface area contributed by atoms with E-state index in [9.17, 15) is 21.6 Å². The average molecular weight is 609 g/mol. The van der Waals surface area contributed by atoms with Crippen molar-refractivity contribution in [1.82, 2.24) is 0 Å². The van der Waals surface area contributed by atoms with E-state index in [1.54, 1.807) is 70.2 Å². The molecular weight excluding hydrogens is 576 g/mol. The molecule has 0 radical (unpaired) electrons. The van der Waals surface area contributed by atoms with Gasteiger partial charge in [-0.3, -0.25) is 0 Å². The van der Waals surface area contributed by atoms with Gasteiger partial charge in [-0.1, -0.05) is 53.6 Å². The Kier molecular flexibility index (Phi) is 8.65. The maximum atomic E-state index is 13.2. The van der Waals surface area contributed by atoms with Gasteiger partial charge in [0.25, 0.3) is 0 Å². The van der Waals surface area contributed by atoms with Gasteiger partial charge in [-0.2, -0.15) is 16.8 Å². The summed E-state index contributed by atoms with van der Waals surface area (Å²) in [6.07, 6.45) is 0. The number of urea groups is 1. The molecule has 4 rings (SSSR count). The van der Waals surface area contributed by atoms with Crippen LogP contribution in [0.1, 0.15) is 33.4 Å². The number of nitrogens with one attached hydrogen (secondary N) is 2. The van der Waals surface area contributed by atoms with Crippen LogP contribution in [0.5, 0.6) is 11.5 Å². The minimum absolute atomic E-state index is 0.00541. The summed E-state index contributed by atoms with van der Waals surface area (Å²) in [6, 6.07) is 18.4. The predicted molar refractivity (Wildman–Crippen MR) is 162 cm³/mol. The second-order valence-corrected chi connectivity index (χ2v) is 13.1. The number of anilines is 2. The highest BCUT2D eigenvalue weighted by Gasteiger charge is 2.25. The van der Waals surface area contributed by atoms with Gasteiger partial charge in [0, 0.05) is 11.8 Å². The van der Waals surface area contributed by atoms with Crippen molar-refractivity contribution in [1.29, 1.82) is 0 Å². The summed E-state index contributed by atoms with van der Waals surface area (Å²) in [5, 5.41) is 5.19. The van der Waals surface area contributed by atoms with Crippen LogP contribution in [-0.4, -0.2) is 22.9 Å². The molecule has 0 aliphatic heterocycles. The van der Waals surface area contributed by atoms with Crippen LogP contribution in [0.3, 0.4) is 0 Å². The van der Waals surface area contributed by atoms with E-state index in [4.69, 9.17) is 8.37 Å². The first-order valence-electron chi connectivity index (χ1n) is 13.0. The van der Waals surface area contributed by atoms with Crippen molar-refractivity contribution in [2.75, 3.05) is 10.6 Å². The molecule has 0 saturated carbocycles. The summed E-state index contributed by atoms with van der Waals surface area (Å²) in [7, 11) is -8.35. The molecule has 0 heterocycles. The molecule has 4 aromatic rings. The normalized spacial score (nSPS) is 11.6. The molecule has 220 valence electrons. The number of benzene rings is 4. The lowest BCUT2D eigenvalue weighted by molar-refractivity contribution is 0.262. The van der Waals surface area contributed by atoms with Crippen LogP contribution in [0, 0.1) is 41.5 Å². The third-order valence-corrected chi connectivity index (χ3v) is 9.44. The molecule has 0 saturated heterocycles. The van der Waals surface area contributed by atoms with Crippen LogP contribution < -0.4 is 19.0 Å². The number of carbonyl (C=O) groups excluding carboxylic acids is 1. The van der Waals surface area contributed by atoms with Gasteiger partial charge >= 0.3 is 26.3 Å². The van der Waals surface area contributed by atoms with Crippen molar-refractivity contribution in [3.05, 3.63) is 106 Å². The van der Waals surface area contributed by atoms with Gasteiger partial charge in [0.15, 0.2) is 5.75 Å². The Bertz CT molecular complexity index is 1850. The van der Waals surface area contributed by atoms with Crippen molar-refractivity contribution in [3.8, 4) is 11.5 Å². The maximum Gasteiger partial charge on any atom is 0.339 e. The van der Waals surface area contributed by atoms with E-state index in [2.05, 4.69) is 10.6 Å².